The van der Waals surface area contributed by atoms with Crippen LogP contribution in [0.4, 0.5) is 20.3 Å². The quantitative estimate of drug-likeness (QED) is 0.720. The zero-order valence-electron chi connectivity index (χ0n) is 18.5. The predicted octanol–water partition coefficient (Wildman–Crippen LogP) is 4.32. The second-order valence-corrected chi connectivity index (χ2v) is 9.54. The highest BCUT2D eigenvalue weighted by atomic mass is 19.1. The van der Waals surface area contributed by atoms with Crippen LogP contribution in [0, 0.1) is 30.4 Å². The summed E-state index contributed by atoms with van der Waals surface area (Å²) in [6, 6.07) is 5.83. The molecule has 2 aliphatic carbocycles. The van der Waals surface area contributed by atoms with Gasteiger partial charge in [0.05, 0.1) is 11.7 Å². The lowest BCUT2D eigenvalue weighted by Crippen LogP contribution is -2.61. The number of hydrogen-bond acceptors (Lipinski definition) is 5. The highest BCUT2D eigenvalue weighted by molar-refractivity contribution is 6.04. The van der Waals surface area contributed by atoms with Gasteiger partial charge >= 0.3 is 0 Å². The molecular formula is C24H27F2N3O3. The Morgan fingerprint density at radius 1 is 1.16 bits per heavy atom. The number of benzene rings is 1. The highest BCUT2D eigenvalue weighted by Gasteiger charge is 2.47. The smallest absolute Gasteiger partial charge is 0.274 e. The van der Waals surface area contributed by atoms with Crippen LogP contribution < -0.4 is 15.0 Å². The van der Waals surface area contributed by atoms with Gasteiger partial charge in [-0.3, -0.25) is 4.79 Å². The van der Waals surface area contributed by atoms with Crippen molar-refractivity contribution in [2.24, 2.45) is 11.8 Å². The van der Waals surface area contributed by atoms with E-state index in [0.29, 0.717) is 36.3 Å². The fraction of sp³-hybridized carbons (Fsp3) is 0.500. The molecule has 2 atom stereocenters. The van der Waals surface area contributed by atoms with Crippen molar-refractivity contribution in [3.05, 3.63) is 47.2 Å². The van der Waals surface area contributed by atoms with E-state index in [2.05, 4.69) is 10.3 Å². The molecule has 0 radical (unpaired) electrons. The molecule has 1 aromatic carbocycles. The predicted molar refractivity (Wildman–Crippen MR) is 116 cm³/mol. The van der Waals surface area contributed by atoms with Gasteiger partial charge in [0.2, 0.25) is 0 Å². The molecular weight excluding hydrogens is 416 g/mol. The summed E-state index contributed by atoms with van der Waals surface area (Å²) < 4.78 is 40.2. The molecule has 1 aromatic heterocycles. The number of halogens is 2. The molecule has 0 spiro atoms. The number of nitrogens with zero attached hydrogens (tertiary/aromatic N) is 2. The number of ether oxygens (including phenoxy) is 2. The van der Waals surface area contributed by atoms with Crippen LogP contribution >= 0.6 is 0 Å². The number of hydrogen-bond donors (Lipinski definition) is 1. The van der Waals surface area contributed by atoms with Crippen molar-refractivity contribution in [1.29, 1.82) is 0 Å². The van der Waals surface area contributed by atoms with Gasteiger partial charge in [0, 0.05) is 38.0 Å². The van der Waals surface area contributed by atoms with Gasteiger partial charge in [-0.2, -0.15) is 0 Å². The lowest BCUT2D eigenvalue weighted by molar-refractivity contribution is -0.0171. The molecule has 1 N–H and O–H groups in total. The standard InChI is InChI=1S/C24H27F2N3O3/c1-13-4-5-20(29-11-24(2,12-29)31-3)28-21(13)23(30)27-16-9-18(25)22(19(26)10-16)32-17-7-14-6-15(14)8-17/h4-5,9-10,14-15,17H,6-8,11-12H2,1-3H3,(H,27,30). The number of anilines is 2. The van der Waals surface area contributed by atoms with Crippen molar-refractivity contribution in [2.75, 3.05) is 30.4 Å². The van der Waals surface area contributed by atoms with Crippen molar-refractivity contribution in [2.45, 2.75) is 44.8 Å². The molecule has 8 heteroatoms. The lowest BCUT2D eigenvalue weighted by Gasteiger charge is -2.47. The van der Waals surface area contributed by atoms with Crippen molar-refractivity contribution < 1.29 is 23.0 Å². The van der Waals surface area contributed by atoms with E-state index in [1.165, 1.54) is 6.42 Å². The van der Waals surface area contributed by atoms with Crippen LogP contribution in [0.3, 0.4) is 0 Å². The van der Waals surface area contributed by atoms with E-state index in [1.54, 1.807) is 14.0 Å². The molecule has 5 rings (SSSR count). The van der Waals surface area contributed by atoms with Crippen LogP contribution in [0.1, 0.15) is 42.2 Å². The minimum Gasteiger partial charge on any atom is -0.484 e. The van der Waals surface area contributed by atoms with Crippen LogP contribution in [0.15, 0.2) is 24.3 Å². The van der Waals surface area contributed by atoms with Gasteiger partial charge in [-0.05, 0) is 56.6 Å². The molecule has 0 bridgehead atoms. The molecule has 1 amide bonds. The first-order valence-electron chi connectivity index (χ1n) is 11.0. The zero-order valence-corrected chi connectivity index (χ0v) is 18.5. The molecule has 1 saturated heterocycles. The first kappa shape index (κ1) is 21.1. The molecule has 1 aliphatic heterocycles. The van der Waals surface area contributed by atoms with Gasteiger partial charge < -0.3 is 19.7 Å². The molecule has 32 heavy (non-hydrogen) atoms. The molecule has 2 aromatic rings. The van der Waals surface area contributed by atoms with Crippen molar-refractivity contribution in [1.82, 2.24) is 4.98 Å². The second-order valence-electron chi connectivity index (χ2n) is 9.54. The fourth-order valence-corrected chi connectivity index (χ4v) is 4.83. The number of fused-ring (bicyclic) bond motifs is 1. The minimum atomic E-state index is -0.821. The number of aryl methyl sites for hydroxylation is 1. The molecule has 3 aliphatic rings. The van der Waals surface area contributed by atoms with E-state index in [1.807, 2.05) is 24.0 Å². The minimum absolute atomic E-state index is 0.0223. The second kappa shape index (κ2) is 7.69. The first-order valence-corrected chi connectivity index (χ1v) is 11.0. The lowest BCUT2D eigenvalue weighted by atomic mass is 9.96. The Kier molecular flexibility index (Phi) is 5.08. The Morgan fingerprint density at radius 3 is 2.44 bits per heavy atom. The van der Waals surface area contributed by atoms with Gasteiger partial charge in [0.15, 0.2) is 17.4 Å². The van der Waals surface area contributed by atoms with Crippen LogP contribution in [0.2, 0.25) is 0 Å². The average molecular weight is 443 g/mol. The number of amides is 1. The summed E-state index contributed by atoms with van der Waals surface area (Å²) in [5.41, 5.74) is 0.670. The third kappa shape index (κ3) is 3.92. The number of aromatic nitrogens is 1. The third-order valence-corrected chi connectivity index (χ3v) is 6.91. The summed E-state index contributed by atoms with van der Waals surface area (Å²) in [4.78, 5) is 19.3. The summed E-state index contributed by atoms with van der Waals surface area (Å²) in [5.74, 6) is -0.581. The van der Waals surface area contributed by atoms with E-state index in [9.17, 15) is 13.6 Å². The summed E-state index contributed by atoms with van der Waals surface area (Å²) in [6.07, 6.45) is 2.76. The Morgan fingerprint density at radius 2 is 1.81 bits per heavy atom. The normalized spacial score (nSPS) is 25.2. The summed E-state index contributed by atoms with van der Waals surface area (Å²) >= 11 is 0. The van der Waals surface area contributed by atoms with E-state index < -0.39 is 17.5 Å². The topological polar surface area (TPSA) is 63.7 Å². The van der Waals surface area contributed by atoms with Crippen LogP contribution in [0.5, 0.6) is 5.75 Å². The summed E-state index contributed by atoms with van der Waals surface area (Å²) in [6.45, 7) is 5.12. The fourth-order valence-electron chi connectivity index (χ4n) is 4.83. The van der Waals surface area contributed by atoms with Gasteiger partial charge in [0.1, 0.15) is 11.5 Å². The van der Waals surface area contributed by atoms with E-state index in [0.717, 1.165) is 25.0 Å². The maximum absolute atomic E-state index is 14.6. The van der Waals surface area contributed by atoms with Gasteiger partial charge in [0.25, 0.3) is 5.91 Å². The number of rotatable bonds is 6. The van der Waals surface area contributed by atoms with E-state index >= 15 is 0 Å². The largest absolute Gasteiger partial charge is 0.484 e. The zero-order chi connectivity index (χ0) is 22.6. The van der Waals surface area contributed by atoms with Crippen LogP contribution in [-0.4, -0.2) is 42.8 Å². The Hall–Kier alpha value is -2.74. The molecule has 2 heterocycles. The van der Waals surface area contributed by atoms with Gasteiger partial charge in [-0.15, -0.1) is 0 Å². The Bertz CT molecular complexity index is 1040. The van der Waals surface area contributed by atoms with Crippen molar-refractivity contribution >= 4 is 17.4 Å². The summed E-state index contributed by atoms with van der Waals surface area (Å²) in [5, 5.41) is 2.57. The number of carbonyl (C=O) groups excluding carboxylic acids is 1. The molecule has 2 saturated carbocycles. The van der Waals surface area contributed by atoms with E-state index in [4.69, 9.17) is 9.47 Å². The molecule has 6 nitrogen and oxygen atoms in total. The molecule has 2 unspecified atom stereocenters. The number of methoxy groups -OCH3 is 1. The van der Waals surface area contributed by atoms with Crippen molar-refractivity contribution in [3.8, 4) is 5.75 Å². The molecule has 3 fully saturated rings. The van der Waals surface area contributed by atoms with Gasteiger partial charge in [-0.1, -0.05) is 6.07 Å². The number of nitrogens with one attached hydrogen (secondary N) is 1. The van der Waals surface area contributed by atoms with E-state index in [-0.39, 0.29) is 28.8 Å². The van der Waals surface area contributed by atoms with Gasteiger partial charge in [-0.25, -0.2) is 13.8 Å². The average Bonchev–Trinajstić information content (AvgIpc) is 3.34. The van der Waals surface area contributed by atoms with Crippen LogP contribution in [0.25, 0.3) is 0 Å². The maximum Gasteiger partial charge on any atom is 0.274 e. The SMILES string of the molecule is COC1(C)CN(c2ccc(C)c(C(=O)Nc3cc(F)c(OC4CC5CC5C4)c(F)c3)n2)C1. The highest BCUT2D eigenvalue weighted by Crippen LogP contribution is 2.52. The van der Waals surface area contributed by atoms with Crippen molar-refractivity contribution in [3.63, 3.8) is 0 Å². The monoisotopic (exact) mass is 443 g/mol. The Labute approximate surface area is 185 Å². The number of pyridine rings is 1. The van der Waals surface area contributed by atoms with Crippen LogP contribution in [-0.2, 0) is 4.74 Å². The maximum atomic E-state index is 14.6. The number of carbonyl (C=O) groups is 1. The third-order valence-electron chi connectivity index (χ3n) is 6.91. The summed E-state index contributed by atoms with van der Waals surface area (Å²) in [7, 11) is 1.67. The molecule has 170 valence electrons. The Balaban J connectivity index is 1.29. The first-order chi connectivity index (χ1) is 15.2.